The van der Waals surface area contributed by atoms with Gasteiger partial charge in [-0.3, -0.25) is 9.52 Å². The summed E-state index contributed by atoms with van der Waals surface area (Å²) >= 11 is 6.02. The molecule has 0 saturated carbocycles. The molecule has 0 saturated heterocycles. The predicted molar refractivity (Wildman–Crippen MR) is 128 cm³/mol. The molecule has 1 atom stereocenters. The molecule has 1 unspecified atom stereocenters. The average Bonchev–Trinajstić information content (AvgIpc) is 2.73. The first-order valence-electron chi connectivity index (χ1n) is 10.0. The molecule has 174 valence electrons. The highest BCUT2D eigenvalue weighted by atomic mass is 35.5. The van der Waals surface area contributed by atoms with Gasteiger partial charge in [0, 0.05) is 13.3 Å². The Bertz CT molecular complexity index is 1270. The van der Waals surface area contributed by atoms with Crippen LogP contribution in [0.3, 0.4) is 0 Å². The number of sulfonamides is 1. The fourth-order valence-electron chi connectivity index (χ4n) is 3.41. The highest BCUT2D eigenvalue weighted by molar-refractivity contribution is 7.92. The van der Waals surface area contributed by atoms with Gasteiger partial charge < -0.3 is 10.5 Å². The topological polar surface area (TPSA) is 124 Å². The third-order valence-electron chi connectivity index (χ3n) is 4.83. The van der Waals surface area contributed by atoms with Crippen molar-refractivity contribution in [1.29, 1.82) is 0 Å². The molecule has 1 aromatic carbocycles. The number of rotatable bonds is 7. The molecule has 3 rings (SSSR count). The lowest BCUT2D eigenvalue weighted by atomic mass is 9.85. The maximum absolute atomic E-state index is 13.1. The first kappa shape index (κ1) is 24.6. The summed E-state index contributed by atoms with van der Waals surface area (Å²) in [6, 6.07) is 12.3. The van der Waals surface area contributed by atoms with Gasteiger partial charge in [0.1, 0.15) is 17.2 Å². The molecule has 0 bridgehead atoms. The molecule has 0 amide bonds. The van der Waals surface area contributed by atoms with E-state index in [2.05, 4.69) is 14.7 Å². The van der Waals surface area contributed by atoms with Crippen molar-refractivity contribution < 1.29 is 17.9 Å². The van der Waals surface area contributed by atoms with Crippen molar-refractivity contribution in [1.82, 2.24) is 9.97 Å². The second-order valence-electron chi connectivity index (χ2n) is 8.48. The number of pyridine rings is 2. The van der Waals surface area contributed by atoms with Crippen molar-refractivity contribution in [2.24, 2.45) is 5.41 Å². The van der Waals surface area contributed by atoms with Crippen LogP contribution in [0.1, 0.15) is 48.6 Å². The van der Waals surface area contributed by atoms with Crippen molar-refractivity contribution in [2.75, 3.05) is 17.6 Å². The van der Waals surface area contributed by atoms with Gasteiger partial charge in [0.25, 0.3) is 10.0 Å². The quantitative estimate of drug-likeness (QED) is 0.470. The molecular formula is C23H25ClN4O4S. The van der Waals surface area contributed by atoms with Crippen LogP contribution in [0.25, 0.3) is 0 Å². The lowest BCUT2D eigenvalue weighted by Gasteiger charge is -2.29. The molecule has 0 fully saturated rings. The Morgan fingerprint density at radius 3 is 2.39 bits per heavy atom. The number of nitrogens with zero attached hydrogens (tertiary/aromatic N) is 2. The van der Waals surface area contributed by atoms with E-state index in [1.54, 1.807) is 25.3 Å². The highest BCUT2D eigenvalue weighted by Gasteiger charge is 2.27. The van der Waals surface area contributed by atoms with Gasteiger partial charge in [-0.2, -0.15) is 0 Å². The zero-order valence-electron chi connectivity index (χ0n) is 18.7. The predicted octanol–water partition coefficient (Wildman–Crippen LogP) is 4.48. The molecule has 0 spiro atoms. The monoisotopic (exact) mass is 488 g/mol. The van der Waals surface area contributed by atoms with Crippen LogP contribution in [-0.2, 0) is 14.8 Å². The number of nitrogens with one attached hydrogen (secondary N) is 1. The van der Waals surface area contributed by atoms with E-state index in [0.717, 1.165) is 5.56 Å². The van der Waals surface area contributed by atoms with E-state index < -0.39 is 15.8 Å². The van der Waals surface area contributed by atoms with Crippen LogP contribution in [0.4, 0.5) is 11.5 Å². The zero-order chi connectivity index (χ0) is 24.4. The fraction of sp³-hybridized carbons (Fsp3) is 0.261. The number of aromatic nitrogens is 2. The van der Waals surface area contributed by atoms with Crippen molar-refractivity contribution in [3.05, 3.63) is 76.7 Å². The molecule has 0 aliphatic carbocycles. The van der Waals surface area contributed by atoms with Crippen LogP contribution in [-0.4, -0.2) is 31.3 Å². The smallest absolute Gasteiger partial charge is 0.261 e. The van der Waals surface area contributed by atoms with Crippen molar-refractivity contribution >= 4 is 38.9 Å². The van der Waals surface area contributed by atoms with E-state index in [-0.39, 0.29) is 44.3 Å². The van der Waals surface area contributed by atoms with Crippen LogP contribution < -0.4 is 10.5 Å². The molecule has 3 N–H and O–H groups in total. The van der Waals surface area contributed by atoms with Gasteiger partial charge in [-0.1, -0.05) is 50.6 Å². The van der Waals surface area contributed by atoms with E-state index in [9.17, 15) is 13.2 Å². The van der Waals surface area contributed by atoms with Gasteiger partial charge >= 0.3 is 0 Å². The number of carbonyl (C=O) groups is 1. The van der Waals surface area contributed by atoms with Crippen LogP contribution in [0.15, 0.2) is 59.6 Å². The number of hydrogen-bond acceptors (Lipinski definition) is 7. The molecule has 0 radical (unpaired) electrons. The number of nitrogens with two attached hydrogens (primary N) is 1. The SMILES string of the molecule is COC(c1ccc(S(=O)(=O)Nc2cc(Cl)cnc2C(=O)c2cccc(N)n2)cc1)C(C)(C)C. The minimum atomic E-state index is -4.05. The van der Waals surface area contributed by atoms with Gasteiger partial charge in [-0.25, -0.2) is 18.4 Å². The number of anilines is 2. The Balaban J connectivity index is 1.94. The highest BCUT2D eigenvalue weighted by Crippen LogP contribution is 2.36. The molecule has 3 aromatic rings. The number of carbonyl (C=O) groups excluding carboxylic acids is 1. The van der Waals surface area contributed by atoms with Crippen molar-refractivity contribution in [3.8, 4) is 0 Å². The third kappa shape index (κ3) is 5.68. The van der Waals surface area contributed by atoms with E-state index in [4.69, 9.17) is 22.1 Å². The molecule has 10 heteroatoms. The molecule has 0 aliphatic heterocycles. The number of ether oxygens (including phenoxy) is 1. The molecule has 8 nitrogen and oxygen atoms in total. The van der Waals surface area contributed by atoms with Crippen LogP contribution >= 0.6 is 11.6 Å². The maximum Gasteiger partial charge on any atom is 0.261 e. The van der Waals surface area contributed by atoms with E-state index in [1.807, 2.05) is 20.8 Å². The number of ketones is 1. The Morgan fingerprint density at radius 1 is 1.15 bits per heavy atom. The number of halogens is 1. The zero-order valence-corrected chi connectivity index (χ0v) is 20.2. The Morgan fingerprint density at radius 2 is 1.82 bits per heavy atom. The summed E-state index contributed by atoms with van der Waals surface area (Å²) in [5, 5.41) is 0.160. The first-order chi connectivity index (χ1) is 15.4. The molecule has 0 aliphatic rings. The third-order valence-corrected chi connectivity index (χ3v) is 6.42. The lowest BCUT2D eigenvalue weighted by Crippen LogP contribution is -2.20. The lowest BCUT2D eigenvalue weighted by molar-refractivity contribution is 0.0152. The van der Waals surface area contributed by atoms with Gasteiger partial charge in [0.15, 0.2) is 0 Å². The summed E-state index contributed by atoms with van der Waals surface area (Å²) < 4.78 is 34.1. The summed E-state index contributed by atoms with van der Waals surface area (Å²) in [6.07, 6.45) is 1.04. The molecular weight excluding hydrogens is 464 g/mol. The summed E-state index contributed by atoms with van der Waals surface area (Å²) in [7, 11) is -2.43. The number of methoxy groups -OCH3 is 1. The van der Waals surface area contributed by atoms with Gasteiger partial charge in [0.2, 0.25) is 5.78 Å². The van der Waals surface area contributed by atoms with Gasteiger partial charge in [-0.05, 0) is 41.3 Å². The largest absolute Gasteiger partial charge is 0.384 e. The van der Waals surface area contributed by atoms with Crippen molar-refractivity contribution in [3.63, 3.8) is 0 Å². The minimum absolute atomic E-state index is 0.00969. The normalized spacial score (nSPS) is 12.9. The molecule has 2 aromatic heterocycles. The minimum Gasteiger partial charge on any atom is -0.384 e. The maximum atomic E-state index is 13.1. The van der Waals surface area contributed by atoms with E-state index in [0.29, 0.717) is 0 Å². The van der Waals surface area contributed by atoms with Gasteiger partial charge in [0.05, 0.1) is 21.7 Å². The summed E-state index contributed by atoms with van der Waals surface area (Å²) in [5.41, 5.74) is 6.14. The van der Waals surface area contributed by atoms with Crippen LogP contribution in [0, 0.1) is 5.41 Å². The average molecular weight is 489 g/mol. The van der Waals surface area contributed by atoms with Crippen LogP contribution in [0.2, 0.25) is 5.02 Å². The Hall–Kier alpha value is -3.01. The number of benzene rings is 1. The summed E-state index contributed by atoms with van der Waals surface area (Å²) in [4.78, 5) is 21.0. The fourth-order valence-corrected chi connectivity index (χ4v) is 4.63. The standard InChI is InChI=1S/C23H25ClN4O4S/c1-23(2,3)22(32-4)14-8-10-16(11-9-14)33(30,31)28-18-12-15(24)13-26-20(18)21(29)17-6-5-7-19(25)27-17/h5-13,22,28H,1-4H3,(H2,25,27). The van der Waals surface area contributed by atoms with Crippen LogP contribution in [0.5, 0.6) is 0 Å². The second-order valence-corrected chi connectivity index (χ2v) is 10.6. The molecule has 2 heterocycles. The second kappa shape index (κ2) is 9.46. The Labute approximate surface area is 198 Å². The molecule has 33 heavy (non-hydrogen) atoms. The number of nitrogen functional groups attached to an aromatic ring is 1. The summed E-state index contributed by atoms with van der Waals surface area (Å²) in [6.45, 7) is 6.10. The first-order valence-corrected chi connectivity index (χ1v) is 11.9. The van der Waals surface area contributed by atoms with E-state index in [1.165, 1.54) is 36.5 Å². The Kier molecular flexibility index (Phi) is 7.06. The number of hydrogen-bond donors (Lipinski definition) is 2. The van der Waals surface area contributed by atoms with Gasteiger partial charge in [-0.15, -0.1) is 0 Å². The summed E-state index contributed by atoms with van der Waals surface area (Å²) in [5.74, 6) is -0.443. The van der Waals surface area contributed by atoms with Crippen molar-refractivity contribution in [2.45, 2.75) is 31.8 Å². The van der Waals surface area contributed by atoms with E-state index >= 15 is 0 Å².